The van der Waals surface area contributed by atoms with E-state index in [0.29, 0.717) is 19.3 Å². The van der Waals surface area contributed by atoms with Crippen LogP contribution in [0.15, 0.2) is 48.6 Å². The predicted octanol–water partition coefficient (Wildman–Crippen LogP) is 14.6. The van der Waals surface area contributed by atoms with E-state index in [0.717, 1.165) is 57.8 Å². The lowest BCUT2D eigenvalue weighted by Crippen LogP contribution is -2.53. The molecule has 0 heterocycles. The van der Waals surface area contributed by atoms with Gasteiger partial charge in [-0.15, -0.1) is 0 Å². The van der Waals surface area contributed by atoms with E-state index >= 15 is 0 Å². The van der Waals surface area contributed by atoms with Crippen LogP contribution in [0.4, 0.5) is 0 Å². The van der Waals surface area contributed by atoms with Crippen molar-refractivity contribution >= 4 is 5.91 Å². The van der Waals surface area contributed by atoms with Gasteiger partial charge in [0.25, 0.3) is 0 Å². The first-order valence-electron chi connectivity index (χ1n) is 26.0. The molecule has 0 aromatic carbocycles. The minimum Gasteiger partial charge on any atom is -0.394 e. The lowest BCUT2D eigenvalue weighted by molar-refractivity contribution is -0.132. The van der Waals surface area contributed by atoms with Crippen molar-refractivity contribution in [3.8, 4) is 0 Å². The monoisotopic (exact) mass is 844 g/mol. The Morgan fingerprint density at radius 1 is 0.417 bits per heavy atom. The maximum atomic E-state index is 12.5. The zero-order valence-corrected chi connectivity index (χ0v) is 39.7. The molecule has 0 spiro atoms. The standard InChI is InChI=1S/C54H101NO5/c1-3-5-7-9-11-13-15-17-18-19-20-21-22-23-24-25-26-27-28-29-30-31-32-33-34-36-38-40-42-44-46-48-52(58)54(60)55-50(49-56)53(59)51(57)47-45-43-41-39-37-35-16-14-12-10-8-6-4-2/h6,8,14,16,23-24,39,41,50-53,56-59H,3-5,7,9-13,15,17-22,25-38,40,42-49H2,1-2H3,(H,55,60)/b8-6+,16-14+,24-23-,41-39+. The van der Waals surface area contributed by atoms with Gasteiger partial charge >= 0.3 is 0 Å². The molecule has 0 aliphatic rings. The average Bonchev–Trinajstić information content (AvgIpc) is 3.25. The third kappa shape index (κ3) is 41.6. The Balaban J connectivity index is 3.61. The molecule has 4 unspecified atom stereocenters. The second-order valence-electron chi connectivity index (χ2n) is 17.8. The molecule has 0 radical (unpaired) electrons. The summed E-state index contributed by atoms with van der Waals surface area (Å²) in [5.41, 5.74) is 0. The summed E-state index contributed by atoms with van der Waals surface area (Å²) in [4.78, 5) is 12.5. The van der Waals surface area contributed by atoms with Gasteiger partial charge in [0.05, 0.1) is 18.8 Å². The van der Waals surface area contributed by atoms with Crippen LogP contribution in [0, 0.1) is 0 Å². The van der Waals surface area contributed by atoms with E-state index in [1.807, 2.05) is 0 Å². The number of rotatable bonds is 47. The van der Waals surface area contributed by atoms with Gasteiger partial charge < -0.3 is 25.7 Å². The second-order valence-corrected chi connectivity index (χ2v) is 17.8. The Bertz CT molecular complexity index is 993. The van der Waals surface area contributed by atoms with Gasteiger partial charge in [0.1, 0.15) is 12.2 Å². The average molecular weight is 844 g/mol. The number of allylic oxidation sites excluding steroid dienone is 8. The van der Waals surface area contributed by atoms with Crippen molar-refractivity contribution in [1.82, 2.24) is 5.32 Å². The summed E-state index contributed by atoms with van der Waals surface area (Å²) in [5.74, 6) is -0.599. The van der Waals surface area contributed by atoms with Crippen molar-refractivity contribution in [2.75, 3.05) is 6.61 Å². The molecule has 352 valence electrons. The number of hydrogen-bond donors (Lipinski definition) is 5. The Kier molecular flexibility index (Phi) is 46.9. The first-order valence-corrected chi connectivity index (χ1v) is 26.0. The highest BCUT2D eigenvalue weighted by Gasteiger charge is 2.28. The summed E-state index contributed by atoms with van der Waals surface area (Å²) < 4.78 is 0. The van der Waals surface area contributed by atoms with Gasteiger partial charge in [-0.3, -0.25) is 4.79 Å². The zero-order valence-electron chi connectivity index (χ0n) is 39.7. The first kappa shape index (κ1) is 58.3. The smallest absolute Gasteiger partial charge is 0.249 e. The van der Waals surface area contributed by atoms with Gasteiger partial charge in [0.15, 0.2) is 0 Å². The molecule has 0 fully saturated rings. The van der Waals surface area contributed by atoms with Crippen molar-refractivity contribution < 1.29 is 25.2 Å². The van der Waals surface area contributed by atoms with E-state index in [-0.39, 0.29) is 0 Å². The Morgan fingerprint density at radius 3 is 1.13 bits per heavy atom. The van der Waals surface area contributed by atoms with Gasteiger partial charge in [-0.25, -0.2) is 0 Å². The molecule has 60 heavy (non-hydrogen) atoms. The fourth-order valence-electron chi connectivity index (χ4n) is 7.91. The minimum atomic E-state index is -1.29. The number of carbonyl (C=O) groups is 1. The molecule has 0 saturated heterocycles. The van der Waals surface area contributed by atoms with Gasteiger partial charge in [-0.1, -0.05) is 223 Å². The normalized spacial score (nSPS) is 14.3. The van der Waals surface area contributed by atoms with Crippen LogP contribution in [-0.2, 0) is 4.79 Å². The molecule has 1 amide bonds. The van der Waals surface area contributed by atoms with Crippen LogP contribution >= 0.6 is 0 Å². The number of amides is 1. The summed E-state index contributed by atoms with van der Waals surface area (Å²) in [5, 5.41) is 43.7. The van der Waals surface area contributed by atoms with Crippen LogP contribution in [0.25, 0.3) is 0 Å². The van der Waals surface area contributed by atoms with Gasteiger partial charge in [0.2, 0.25) is 5.91 Å². The van der Waals surface area contributed by atoms with Crippen LogP contribution in [0.3, 0.4) is 0 Å². The van der Waals surface area contributed by atoms with Crippen LogP contribution in [0.1, 0.15) is 258 Å². The van der Waals surface area contributed by atoms with Gasteiger partial charge in [-0.05, 0) is 83.5 Å². The Morgan fingerprint density at radius 2 is 0.750 bits per heavy atom. The molecular weight excluding hydrogens is 743 g/mol. The van der Waals surface area contributed by atoms with Crippen molar-refractivity contribution in [3.63, 3.8) is 0 Å². The number of carbonyl (C=O) groups excluding carboxylic acids is 1. The summed E-state index contributed by atoms with van der Waals surface area (Å²) >= 11 is 0. The summed E-state index contributed by atoms with van der Waals surface area (Å²) in [6.07, 6.45) is 60.4. The quantitative estimate of drug-likeness (QED) is 0.0310. The highest BCUT2D eigenvalue weighted by Crippen LogP contribution is 2.17. The lowest BCUT2D eigenvalue weighted by Gasteiger charge is -2.27. The van der Waals surface area contributed by atoms with E-state index in [2.05, 4.69) is 67.8 Å². The first-order chi connectivity index (χ1) is 29.5. The number of hydrogen-bond acceptors (Lipinski definition) is 5. The van der Waals surface area contributed by atoms with E-state index in [9.17, 15) is 25.2 Å². The molecule has 0 aromatic heterocycles. The summed E-state index contributed by atoms with van der Waals surface area (Å²) in [6.45, 7) is 3.93. The largest absolute Gasteiger partial charge is 0.394 e. The van der Waals surface area contributed by atoms with Gasteiger partial charge in [0, 0.05) is 0 Å². The second kappa shape index (κ2) is 48.3. The third-order valence-electron chi connectivity index (χ3n) is 12.0. The fraction of sp³-hybridized carbons (Fsp3) is 0.833. The molecule has 4 atom stereocenters. The van der Waals surface area contributed by atoms with E-state index in [1.54, 1.807) is 0 Å². The molecule has 0 saturated carbocycles. The van der Waals surface area contributed by atoms with Crippen LogP contribution < -0.4 is 5.32 Å². The number of nitrogens with one attached hydrogen (secondary N) is 1. The minimum absolute atomic E-state index is 0.359. The molecule has 0 aliphatic carbocycles. The van der Waals surface area contributed by atoms with Crippen LogP contribution in [0.5, 0.6) is 0 Å². The van der Waals surface area contributed by atoms with Crippen molar-refractivity contribution in [2.45, 2.75) is 282 Å². The van der Waals surface area contributed by atoms with Gasteiger partial charge in [-0.2, -0.15) is 0 Å². The predicted molar refractivity (Wildman–Crippen MR) is 260 cm³/mol. The molecule has 0 bridgehead atoms. The molecule has 6 heteroatoms. The maximum Gasteiger partial charge on any atom is 0.249 e. The number of aliphatic hydroxyl groups is 4. The van der Waals surface area contributed by atoms with Crippen molar-refractivity contribution in [1.29, 1.82) is 0 Å². The number of aliphatic hydroxyl groups excluding tert-OH is 4. The molecular formula is C54H101NO5. The molecule has 5 N–H and O–H groups in total. The number of unbranched alkanes of at least 4 members (excludes halogenated alkanes) is 30. The van der Waals surface area contributed by atoms with Crippen LogP contribution in [-0.4, -0.2) is 57.3 Å². The molecule has 0 aliphatic heterocycles. The van der Waals surface area contributed by atoms with Crippen molar-refractivity contribution in [2.24, 2.45) is 0 Å². The maximum absolute atomic E-state index is 12.5. The van der Waals surface area contributed by atoms with E-state index < -0.39 is 36.9 Å². The molecule has 6 nitrogen and oxygen atoms in total. The zero-order chi connectivity index (χ0) is 43.8. The Hall–Kier alpha value is -1.73. The SMILES string of the molecule is CC/C=C/CC/C=C/CC/C=C/CCCC(O)C(O)C(CO)NC(=O)C(O)CCCCCCCCCCCCCCCCC/C=C\CCCCCCCCCCCCCC. The molecule has 0 aromatic rings. The van der Waals surface area contributed by atoms with Crippen LogP contribution in [0.2, 0.25) is 0 Å². The highest BCUT2D eigenvalue weighted by atomic mass is 16.3. The molecule has 0 rings (SSSR count). The topological polar surface area (TPSA) is 110 Å². The highest BCUT2D eigenvalue weighted by molar-refractivity contribution is 5.80. The van der Waals surface area contributed by atoms with E-state index in [1.165, 1.54) is 167 Å². The Labute approximate surface area is 372 Å². The van der Waals surface area contributed by atoms with E-state index in [4.69, 9.17) is 0 Å². The lowest BCUT2D eigenvalue weighted by atomic mass is 10.00. The fourth-order valence-corrected chi connectivity index (χ4v) is 7.91. The summed E-state index contributed by atoms with van der Waals surface area (Å²) in [7, 11) is 0. The van der Waals surface area contributed by atoms with Crippen molar-refractivity contribution in [3.05, 3.63) is 48.6 Å². The third-order valence-corrected chi connectivity index (χ3v) is 12.0. The summed E-state index contributed by atoms with van der Waals surface area (Å²) in [6, 6.07) is -1.01.